The predicted octanol–water partition coefficient (Wildman–Crippen LogP) is 3.31. The molecule has 0 amide bonds. The van der Waals surface area contributed by atoms with Gasteiger partial charge in [-0.3, -0.25) is 0 Å². The molecule has 1 aromatic heterocycles. The first-order valence-corrected chi connectivity index (χ1v) is 7.39. The Morgan fingerprint density at radius 1 is 1.37 bits per heavy atom. The molecule has 0 radical (unpaired) electrons. The summed E-state index contributed by atoms with van der Waals surface area (Å²) in [5.41, 5.74) is 6.72. The molecule has 5 heteroatoms. The van der Waals surface area contributed by atoms with E-state index in [9.17, 15) is 0 Å². The summed E-state index contributed by atoms with van der Waals surface area (Å²) in [6.07, 6.45) is 1.92. The zero-order chi connectivity index (χ0) is 13.7. The van der Waals surface area contributed by atoms with Crippen molar-refractivity contribution in [1.82, 2.24) is 4.98 Å². The van der Waals surface area contributed by atoms with Crippen LogP contribution in [0, 0.1) is 0 Å². The van der Waals surface area contributed by atoms with Crippen LogP contribution in [-0.2, 0) is 13.0 Å². The summed E-state index contributed by atoms with van der Waals surface area (Å²) >= 11 is 6.59. The zero-order valence-corrected chi connectivity index (χ0v) is 12.4. The van der Waals surface area contributed by atoms with Gasteiger partial charge in [-0.15, -0.1) is 11.3 Å². The smallest absolute Gasteiger partial charge is 0.140 e. The van der Waals surface area contributed by atoms with Gasteiger partial charge in [0.1, 0.15) is 22.4 Å². The van der Waals surface area contributed by atoms with Gasteiger partial charge in [0.15, 0.2) is 0 Å². The molecule has 0 aliphatic carbocycles. The van der Waals surface area contributed by atoms with Crippen LogP contribution in [0.15, 0.2) is 30.3 Å². The lowest BCUT2D eigenvalue weighted by Crippen LogP contribution is -2.09. The van der Waals surface area contributed by atoms with Crippen molar-refractivity contribution in [1.29, 1.82) is 0 Å². The third-order valence-electron chi connectivity index (χ3n) is 2.56. The Labute approximate surface area is 122 Å². The van der Waals surface area contributed by atoms with E-state index in [1.54, 1.807) is 0 Å². The number of ether oxygens (including phenoxy) is 1. The van der Waals surface area contributed by atoms with Gasteiger partial charge in [0.2, 0.25) is 0 Å². The molecule has 0 saturated heterocycles. The third-order valence-corrected chi connectivity index (χ3v) is 4.00. The lowest BCUT2D eigenvalue weighted by molar-refractivity contribution is 0.305. The second kappa shape index (κ2) is 6.63. The van der Waals surface area contributed by atoms with Crippen molar-refractivity contribution in [2.24, 2.45) is 5.73 Å². The van der Waals surface area contributed by atoms with Gasteiger partial charge in [-0.1, -0.05) is 43.8 Å². The molecule has 3 nitrogen and oxygen atoms in total. The van der Waals surface area contributed by atoms with E-state index in [-0.39, 0.29) is 0 Å². The lowest BCUT2D eigenvalue weighted by atomic mass is 10.2. The molecule has 0 aliphatic heterocycles. The first-order chi connectivity index (χ1) is 9.20. The van der Waals surface area contributed by atoms with Crippen molar-refractivity contribution in [3.63, 3.8) is 0 Å². The number of thiazole rings is 1. The molecule has 0 unspecified atom stereocenters. The average Bonchev–Trinajstić information content (AvgIpc) is 2.81. The summed E-state index contributed by atoms with van der Waals surface area (Å²) in [4.78, 5) is 5.91. The monoisotopic (exact) mass is 292 g/mol. The summed E-state index contributed by atoms with van der Waals surface area (Å²) in [5, 5.41) is 0.912. The van der Waals surface area contributed by atoms with Crippen LogP contribution >= 0.6 is 23.6 Å². The van der Waals surface area contributed by atoms with Crippen LogP contribution in [0.25, 0.3) is 0 Å². The topological polar surface area (TPSA) is 48.1 Å². The van der Waals surface area contributed by atoms with E-state index in [4.69, 9.17) is 22.7 Å². The molecule has 2 N–H and O–H groups in total. The fourth-order valence-electron chi connectivity index (χ4n) is 1.72. The molecule has 0 aliphatic rings. The number of aryl methyl sites for hydroxylation is 1. The number of aromatic nitrogens is 1. The summed E-state index contributed by atoms with van der Waals surface area (Å²) in [7, 11) is 0. The maximum atomic E-state index is 5.73. The van der Waals surface area contributed by atoms with Crippen molar-refractivity contribution < 1.29 is 4.74 Å². The number of para-hydroxylation sites is 1. The highest BCUT2D eigenvalue weighted by Crippen LogP contribution is 2.21. The van der Waals surface area contributed by atoms with Crippen molar-refractivity contribution in [2.75, 3.05) is 0 Å². The standard InChI is InChI=1S/C14H16N2OS2/c1-2-6-11-13(14(15)18)19-12(16-11)9-17-10-7-4-3-5-8-10/h3-5,7-8H,2,6,9H2,1H3,(H2,15,18). The molecule has 1 heterocycles. The highest BCUT2D eigenvalue weighted by atomic mass is 32.1. The van der Waals surface area contributed by atoms with E-state index in [0.717, 1.165) is 34.2 Å². The maximum Gasteiger partial charge on any atom is 0.140 e. The van der Waals surface area contributed by atoms with Crippen LogP contribution in [0.3, 0.4) is 0 Å². The van der Waals surface area contributed by atoms with E-state index in [2.05, 4.69) is 11.9 Å². The Kier molecular flexibility index (Phi) is 4.87. The van der Waals surface area contributed by atoms with Gasteiger partial charge in [-0.2, -0.15) is 0 Å². The van der Waals surface area contributed by atoms with E-state index < -0.39 is 0 Å². The number of nitrogens with zero attached hydrogens (tertiary/aromatic N) is 1. The molecule has 100 valence electrons. The van der Waals surface area contributed by atoms with Gasteiger partial charge in [0, 0.05) is 0 Å². The maximum absolute atomic E-state index is 5.73. The highest BCUT2D eigenvalue weighted by molar-refractivity contribution is 7.81. The lowest BCUT2D eigenvalue weighted by Gasteiger charge is -2.02. The van der Waals surface area contributed by atoms with Crippen LogP contribution in [0.2, 0.25) is 0 Å². The number of rotatable bonds is 6. The van der Waals surface area contributed by atoms with Gasteiger partial charge in [0.05, 0.1) is 10.6 Å². The van der Waals surface area contributed by atoms with E-state index >= 15 is 0 Å². The molecule has 2 rings (SSSR count). The Hall–Kier alpha value is -1.46. The number of hydrogen-bond donors (Lipinski definition) is 1. The van der Waals surface area contributed by atoms with Crippen LogP contribution in [0.4, 0.5) is 0 Å². The molecular formula is C14H16N2OS2. The molecule has 19 heavy (non-hydrogen) atoms. The molecule has 0 bridgehead atoms. The van der Waals surface area contributed by atoms with Crippen LogP contribution < -0.4 is 10.5 Å². The number of nitrogens with two attached hydrogens (primary N) is 1. The normalized spacial score (nSPS) is 10.4. The van der Waals surface area contributed by atoms with Gasteiger partial charge < -0.3 is 10.5 Å². The number of hydrogen-bond acceptors (Lipinski definition) is 4. The van der Waals surface area contributed by atoms with Crippen molar-refractivity contribution >= 4 is 28.5 Å². The van der Waals surface area contributed by atoms with Gasteiger partial charge >= 0.3 is 0 Å². The second-order valence-corrected chi connectivity index (χ2v) is 5.62. The number of benzene rings is 1. The molecule has 0 saturated carbocycles. The minimum absolute atomic E-state index is 0.423. The van der Waals surface area contributed by atoms with Crippen molar-refractivity contribution in [2.45, 2.75) is 26.4 Å². The Morgan fingerprint density at radius 2 is 2.11 bits per heavy atom. The third kappa shape index (κ3) is 3.75. The van der Waals surface area contributed by atoms with E-state index in [1.807, 2.05) is 30.3 Å². The Morgan fingerprint density at radius 3 is 2.74 bits per heavy atom. The second-order valence-electron chi connectivity index (χ2n) is 4.10. The summed E-state index contributed by atoms with van der Waals surface area (Å²) in [5.74, 6) is 0.839. The van der Waals surface area contributed by atoms with E-state index in [1.165, 1.54) is 11.3 Å². The fourth-order valence-corrected chi connectivity index (χ4v) is 2.84. The first-order valence-electron chi connectivity index (χ1n) is 6.17. The SMILES string of the molecule is CCCc1nc(COc2ccccc2)sc1C(N)=S. The molecule has 2 aromatic rings. The van der Waals surface area contributed by atoms with Crippen LogP contribution in [-0.4, -0.2) is 9.97 Å². The quantitative estimate of drug-likeness (QED) is 0.830. The molecule has 1 aromatic carbocycles. The molecule has 0 fully saturated rings. The predicted molar refractivity (Wildman–Crippen MR) is 82.8 cm³/mol. The summed E-state index contributed by atoms with van der Waals surface area (Å²) in [6, 6.07) is 9.70. The molecule has 0 spiro atoms. The van der Waals surface area contributed by atoms with Crippen LogP contribution in [0.5, 0.6) is 5.75 Å². The highest BCUT2D eigenvalue weighted by Gasteiger charge is 2.13. The minimum Gasteiger partial charge on any atom is -0.486 e. The first kappa shape index (κ1) is 14.0. The van der Waals surface area contributed by atoms with Crippen molar-refractivity contribution in [3.8, 4) is 5.75 Å². The molecular weight excluding hydrogens is 276 g/mol. The molecule has 0 atom stereocenters. The van der Waals surface area contributed by atoms with Gasteiger partial charge in [0.25, 0.3) is 0 Å². The minimum atomic E-state index is 0.423. The zero-order valence-electron chi connectivity index (χ0n) is 10.8. The van der Waals surface area contributed by atoms with Crippen molar-refractivity contribution in [3.05, 3.63) is 45.9 Å². The Bertz CT molecular complexity index is 552. The number of thiocarbonyl (C=S) groups is 1. The summed E-state index contributed by atoms with van der Waals surface area (Å²) < 4.78 is 5.68. The van der Waals surface area contributed by atoms with Gasteiger partial charge in [-0.05, 0) is 18.6 Å². The van der Waals surface area contributed by atoms with Gasteiger partial charge in [-0.25, -0.2) is 4.98 Å². The summed E-state index contributed by atoms with van der Waals surface area (Å²) in [6.45, 7) is 2.57. The fraction of sp³-hybridized carbons (Fsp3) is 0.286. The van der Waals surface area contributed by atoms with Crippen LogP contribution in [0.1, 0.15) is 28.9 Å². The van der Waals surface area contributed by atoms with E-state index in [0.29, 0.717) is 11.6 Å². The largest absolute Gasteiger partial charge is 0.486 e. The average molecular weight is 292 g/mol. The Balaban J connectivity index is 2.08.